The number of ether oxygens (including phenoxy) is 2. The van der Waals surface area contributed by atoms with Crippen molar-refractivity contribution in [2.75, 3.05) is 20.8 Å². The summed E-state index contributed by atoms with van der Waals surface area (Å²) in [6.07, 6.45) is -3.83. The second-order valence-corrected chi connectivity index (χ2v) is 11.7. The molecule has 2 aliphatic rings. The third-order valence-corrected chi connectivity index (χ3v) is 8.96. The SMILES string of the molecule is CCC(C)Sc1ccc([C@H]2N[C@@](Cc3ccccc3)(C(=O)OC)[C@H]3C(=O)N(CC)C(=O)[C@@H]23)cc1OC.O=C(O)C(F)(F)F. The number of alkyl halides is 3. The summed E-state index contributed by atoms with van der Waals surface area (Å²) in [4.78, 5) is 51.8. The van der Waals surface area contributed by atoms with Gasteiger partial charge in [0.15, 0.2) is 0 Å². The molecule has 234 valence electrons. The lowest BCUT2D eigenvalue weighted by Gasteiger charge is -2.32. The Morgan fingerprint density at radius 3 is 2.23 bits per heavy atom. The fourth-order valence-electron chi connectivity index (χ4n) is 5.46. The highest BCUT2D eigenvalue weighted by atomic mass is 32.2. The van der Waals surface area contributed by atoms with Crippen LogP contribution in [-0.4, -0.2) is 71.5 Å². The molecule has 2 aromatic carbocycles. The normalized spacial score (nSPS) is 23.7. The summed E-state index contributed by atoms with van der Waals surface area (Å²) >= 11 is 1.73. The van der Waals surface area contributed by atoms with Gasteiger partial charge in [0.2, 0.25) is 11.8 Å². The first kappa shape index (κ1) is 33.9. The summed E-state index contributed by atoms with van der Waals surface area (Å²) in [6.45, 7) is 6.34. The minimum absolute atomic E-state index is 0.230. The number of aliphatic carboxylic acids is 1. The molecule has 2 N–H and O–H groups in total. The van der Waals surface area contributed by atoms with Crippen LogP contribution in [0.25, 0.3) is 0 Å². The van der Waals surface area contributed by atoms with Gasteiger partial charge in [-0.3, -0.25) is 24.6 Å². The number of likely N-dealkylation sites (tertiary alicyclic amines) is 1. The molecule has 1 unspecified atom stereocenters. The highest BCUT2D eigenvalue weighted by molar-refractivity contribution is 8.00. The minimum atomic E-state index is -5.08. The molecule has 0 spiro atoms. The third kappa shape index (κ3) is 6.98. The molecule has 0 bridgehead atoms. The van der Waals surface area contributed by atoms with E-state index in [1.165, 1.54) is 12.0 Å². The van der Waals surface area contributed by atoms with Crippen molar-refractivity contribution >= 4 is 35.5 Å². The van der Waals surface area contributed by atoms with Crippen LogP contribution in [0.1, 0.15) is 44.4 Å². The average molecular weight is 625 g/mol. The maximum atomic E-state index is 13.6. The monoisotopic (exact) mass is 624 g/mol. The van der Waals surface area contributed by atoms with Gasteiger partial charge in [-0.15, -0.1) is 11.8 Å². The second kappa shape index (κ2) is 13.8. The number of imide groups is 1. The fraction of sp³-hybridized carbons (Fsp3) is 0.467. The van der Waals surface area contributed by atoms with Crippen LogP contribution < -0.4 is 10.1 Å². The highest BCUT2D eigenvalue weighted by Gasteiger charge is 2.68. The quantitative estimate of drug-likeness (QED) is 0.234. The number of hydrogen-bond donors (Lipinski definition) is 2. The molecule has 2 aliphatic heterocycles. The number of halogens is 3. The van der Waals surface area contributed by atoms with E-state index in [1.54, 1.807) is 25.8 Å². The van der Waals surface area contributed by atoms with Gasteiger partial charge in [-0.1, -0.05) is 50.2 Å². The Labute approximate surface area is 252 Å². The maximum absolute atomic E-state index is 13.6. The van der Waals surface area contributed by atoms with Crippen molar-refractivity contribution in [3.05, 3.63) is 59.7 Å². The molecule has 9 nitrogen and oxygen atoms in total. The molecule has 2 heterocycles. The number of nitrogens with zero attached hydrogens (tertiary/aromatic N) is 1. The molecule has 13 heteroatoms. The first-order valence-electron chi connectivity index (χ1n) is 13.7. The third-order valence-electron chi connectivity index (χ3n) is 7.63. The number of amides is 2. The van der Waals surface area contributed by atoms with Gasteiger partial charge in [0.05, 0.1) is 26.1 Å². The topological polar surface area (TPSA) is 122 Å². The van der Waals surface area contributed by atoms with E-state index >= 15 is 0 Å². The van der Waals surface area contributed by atoms with Crippen LogP contribution in [0.15, 0.2) is 53.4 Å². The highest BCUT2D eigenvalue weighted by Crippen LogP contribution is 2.51. The number of thioether (sulfide) groups is 1. The lowest BCUT2D eigenvalue weighted by molar-refractivity contribution is -0.192. The number of nitrogens with one attached hydrogen (secondary N) is 1. The molecule has 0 saturated carbocycles. The summed E-state index contributed by atoms with van der Waals surface area (Å²) in [5, 5.41) is 11.0. The van der Waals surface area contributed by atoms with E-state index in [0.29, 0.717) is 11.0 Å². The predicted molar refractivity (Wildman–Crippen MR) is 152 cm³/mol. The van der Waals surface area contributed by atoms with Gasteiger partial charge in [0, 0.05) is 29.2 Å². The van der Waals surface area contributed by atoms with Crippen LogP contribution in [0.3, 0.4) is 0 Å². The standard InChI is InChI=1S/C28H34N2O5S.C2HF3O2/c1-6-17(3)36-21-14-13-19(15-20(21)34-4)24-22-23(26(32)30(7-2)25(22)31)28(29-24,27(33)35-5)16-18-11-9-8-10-12-18;3-2(4,5)1(6)7/h8-15,17,22-24,29H,6-7,16H2,1-5H3;(H,6,7)/t17?,22-,23-,24-,28-;/m1./s1. The van der Waals surface area contributed by atoms with Crippen LogP contribution in [0.4, 0.5) is 13.2 Å². The van der Waals surface area contributed by atoms with Crippen molar-refractivity contribution < 1.29 is 46.9 Å². The largest absolute Gasteiger partial charge is 0.496 e. The molecule has 2 aromatic rings. The number of hydrogen-bond acceptors (Lipinski definition) is 8. The Morgan fingerprint density at radius 1 is 1.09 bits per heavy atom. The van der Waals surface area contributed by atoms with Gasteiger partial charge >= 0.3 is 18.1 Å². The maximum Gasteiger partial charge on any atom is 0.490 e. The molecule has 2 saturated heterocycles. The number of carboxylic acid groups (broad SMARTS) is 1. The van der Waals surface area contributed by atoms with Crippen molar-refractivity contribution in [2.24, 2.45) is 11.8 Å². The number of fused-ring (bicyclic) bond motifs is 1. The number of carbonyl (C=O) groups is 4. The summed E-state index contributed by atoms with van der Waals surface area (Å²) < 4.78 is 42.7. The number of esters is 1. The van der Waals surface area contributed by atoms with Crippen LogP contribution in [0, 0.1) is 11.8 Å². The van der Waals surface area contributed by atoms with Crippen molar-refractivity contribution in [2.45, 2.75) is 61.5 Å². The van der Waals surface area contributed by atoms with E-state index in [2.05, 4.69) is 19.2 Å². The lowest BCUT2D eigenvalue weighted by Crippen LogP contribution is -2.57. The summed E-state index contributed by atoms with van der Waals surface area (Å²) in [6, 6.07) is 14.8. The summed E-state index contributed by atoms with van der Waals surface area (Å²) in [5.74, 6) is -4.79. The van der Waals surface area contributed by atoms with Gasteiger partial charge in [-0.05, 0) is 36.6 Å². The smallest absolute Gasteiger partial charge is 0.490 e. The molecule has 5 atom stereocenters. The molecular formula is C30H35F3N2O7S. The molecule has 2 fully saturated rings. The van der Waals surface area contributed by atoms with Crippen molar-refractivity contribution in [3.63, 3.8) is 0 Å². The van der Waals surface area contributed by atoms with E-state index in [9.17, 15) is 27.6 Å². The Kier molecular flexibility index (Phi) is 10.9. The molecule has 4 rings (SSSR count). The number of rotatable bonds is 9. The van der Waals surface area contributed by atoms with Crippen LogP contribution in [0.2, 0.25) is 0 Å². The van der Waals surface area contributed by atoms with Crippen LogP contribution >= 0.6 is 11.8 Å². The van der Waals surface area contributed by atoms with E-state index in [0.717, 1.165) is 22.4 Å². The number of benzene rings is 2. The first-order valence-corrected chi connectivity index (χ1v) is 14.5. The zero-order chi connectivity index (χ0) is 32.1. The van der Waals surface area contributed by atoms with Gasteiger partial charge in [-0.25, -0.2) is 4.79 Å². The predicted octanol–water partition coefficient (Wildman–Crippen LogP) is 4.64. The van der Waals surface area contributed by atoms with E-state index in [-0.39, 0.29) is 24.8 Å². The van der Waals surface area contributed by atoms with Gasteiger partial charge in [0.1, 0.15) is 11.3 Å². The summed E-state index contributed by atoms with van der Waals surface area (Å²) in [7, 11) is 2.95. The Hall–Kier alpha value is -3.58. The van der Waals surface area contributed by atoms with E-state index < -0.39 is 41.5 Å². The molecular weight excluding hydrogens is 589 g/mol. The van der Waals surface area contributed by atoms with E-state index in [1.807, 2.05) is 48.5 Å². The molecule has 0 aromatic heterocycles. The van der Waals surface area contributed by atoms with Gasteiger partial charge < -0.3 is 14.6 Å². The van der Waals surface area contributed by atoms with Crippen molar-refractivity contribution in [1.82, 2.24) is 10.2 Å². The van der Waals surface area contributed by atoms with Crippen molar-refractivity contribution in [3.8, 4) is 5.75 Å². The lowest BCUT2D eigenvalue weighted by atomic mass is 9.76. The van der Waals surface area contributed by atoms with Crippen LogP contribution in [-0.2, 0) is 30.3 Å². The molecule has 0 radical (unpaired) electrons. The zero-order valence-corrected chi connectivity index (χ0v) is 25.3. The number of carbonyl (C=O) groups excluding carboxylic acids is 3. The Bertz CT molecular complexity index is 1340. The number of methoxy groups -OCH3 is 2. The van der Waals surface area contributed by atoms with Crippen molar-refractivity contribution in [1.29, 1.82) is 0 Å². The minimum Gasteiger partial charge on any atom is -0.496 e. The van der Waals surface area contributed by atoms with Gasteiger partial charge in [0.25, 0.3) is 0 Å². The molecule has 0 aliphatic carbocycles. The van der Waals surface area contributed by atoms with E-state index in [4.69, 9.17) is 19.4 Å². The number of carboxylic acids is 1. The Balaban J connectivity index is 0.000000646. The zero-order valence-electron chi connectivity index (χ0n) is 24.4. The summed E-state index contributed by atoms with van der Waals surface area (Å²) in [5.41, 5.74) is 0.301. The van der Waals surface area contributed by atoms with Gasteiger partial charge in [-0.2, -0.15) is 13.2 Å². The molecule has 43 heavy (non-hydrogen) atoms. The average Bonchev–Trinajstić information content (AvgIpc) is 3.45. The Morgan fingerprint density at radius 2 is 1.72 bits per heavy atom. The fourth-order valence-corrected chi connectivity index (χ4v) is 6.46. The van der Waals surface area contributed by atoms with Crippen LogP contribution in [0.5, 0.6) is 5.75 Å². The first-order chi connectivity index (χ1) is 20.2. The molecule has 2 amide bonds. The second-order valence-electron chi connectivity index (χ2n) is 10.2.